The second kappa shape index (κ2) is 57.1. The number of hydrogen-bond donors (Lipinski definition) is 5. The van der Waals surface area contributed by atoms with Gasteiger partial charge in [0.1, 0.15) is 89.0 Å². The van der Waals surface area contributed by atoms with E-state index in [9.17, 15) is 28.8 Å². The maximum Gasteiger partial charge on any atom is 1.00 e. The Bertz CT molecular complexity index is 6930. The Hall–Kier alpha value is -11.0. The molecule has 0 atom stereocenters. The van der Waals surface area contributed by atoms with Crippen LogP contribution in [0.5, 0.6) is 28.7 Å². The van der Waals surface area contributed by atoms with Gasteiger partial charge in [-0.2, -0.15) is 5.26 Å². The number of nitrogen functional groups attached to an aromatic ring is 1. The molecule has 0 radical (unpaired) electrons. The third-order valence-electron chi connectivity index (χ3n) is 18.8. The molecule has 0 aliphatic heterocycles. The molecule has 9 aromatic heterocycles. The van der Waals surface area contributed by atoms with Gasteiger partial charge < -0.3 is 70.0 Å². The zero-order valence-corrected chi connectivity index (χ0v) is 93.7. The van der Waals surface area contributed by atoms with Crippen LogP contribution in [0.4, 0.5) is 29.1 Å². The van der Waals surface area contributed by atoms with E-state index in [0.717, 1.165) is 116 Å². The molecule has 0 fully saturated rings. The number of methoxy groups -OCH3 is 5. The quantitative estimate of drug-likeness (QED) is 0.0105. The summed E-state index contributed by atoms with van der Waals surface area (Å²) in [6, 6.07) is 47.9. The Morgan fingerprint density at radius 2 is 0.842 bits per heavy atom. The number of halogens is 9. The Balaban J connectivity index is 0.000000351. The number of aromatic amines is 1. The molecule has 28 nitrogen and oxygen atoms in total. The van der Waals surface area contributed by atoms with Gasteiger partial charge in [0.05, 0.1) is 96.9 Å². The predicted octanol–water partition coefficient (Wildman–Crippen LogP) is 17.8. The molecule has 726 valence electrons. The number of benzene rings is 5. The molecular weight excluding hydrogens is 2110 g/mol. The fourth-order valence-corrected chi connectivity index (χ4v) is 15.8. The van der Waals surface area contributed by atoms with E-state index in [2.05, 4.69) is 199 Å². The largest absolute Gasteiger partial charge is 1.00 e. The number of nitriles is 1. The average Bonchev–Trinajstić information content (AvgIpc) is 1.58. The fourth-order valence-electron chi connectivity index (χ4n) is 11.9. The minimum atomic E-state index is -1.71. The number of ether oxygens (including phenoxy) is 5. The normalized spacial score (nSPS) is 10.4. The van der Waals surface area contributed by atoms with E-state index >= 15 is 0 Å². The van der Waals surface area contributed by atoms with Gasteiger partial charge in [0, 0.05) is 66.9 Å². The van der Waals surface area contributed by atoms with Crippen molar-refractivity contribution in [1.82, 2.24) is 63.5 Å². The molecule has 6 N–H and O–H groups in total. The maximum atomic E-state index is 13.3. The zero-order chi connectivity index (χ0) is 101. The SMILES string of the molecule is C#C[Si](C)(C)C.COc1ccc(CNCC#N)cc1.COc1ccc(Cn2cc(Cl)nc(Cl)c2=O)cc1.COc1ccc(Cn2cc(Cl)nc(Nc3ncc(C)cc3Br)c2=O)cc1.COc1ccc(Cn2cc(Cl)nc(Nc3ncc(C)cc3C#C[Si](C)(C)C)c2=O)cc1.COc1ccc(Cn2cc([Si](C)(C)C)c3c([nH]c4ncc(C)cc43)c2=O)cc1.Cc1cnc(N)c(Br)c1.Cl.O=C(Cl)C(=O)Cl.[H-].[Na+]. The monoisotopic (exact) mass is 2210 g/mol. The Kier molecular flexibility index (Phi) is 48.7. The summed E-state index contributed by atoms with van der Waals surface area (Å²) in [5.41, 5.74) is 21.9. The molecule has 0 bridgehead atoms. The van der Waals surface area contributed by atoms with Crippen LogP contribution in [0.2, 0.25) is 79.5 Å². The minimum absolute atomic E-state index is 0. The summed E-state index contributed by atoms with van der Waals surface area (Å²) in [5.74, 6) is 8.90. The van der Waals surface area contributed by atoms with E-state index in [-0.39, 0.29) is 97.9 Å². The number of carbonyl (C=O) groups is 2. The van der Waals surface area contributed by atoms with E-state index in [1.807, 2.05) is 184 Å². The van der Waals surface area contributed by atoms with Crippen LogP contribution in [0.15, 0.2) is 223 Å². The number of pyridine rings is 5. The minimum Gasteiger partial charge on any atom is -1.00 e. The fraction of sp³-hybridized carbons (Fsp3) is 0.245. The third kappa shape index (κ3) is 39.2. The summed E-state index contributed by atoms with van der Waals surface area (Å²) in [6.45, 7) is 30.5. The van der Waals surface area contributed by atoms with Gasteiger partial charge in [-0.3, -0.25) is 28.8 Å². The number of nitrogens with zero attached hydrogens (tertiary/aromatic N) is 12. The van der Waals surface area contributed by atoms with Crippen LogP contribution >= 0.6 is 114 Å². The van der Waals surface area contributed by atoms with Crippen molar-refractivity contribution in [3.8, 4) is 58.2 Å². The number of terminal acetylenes is 1. The van der Waals surface area contributed by atoms with Crippen LogP contribution in [0.1, 0.15) is 57.1 Å². The molecule has 0 saturated carbocycles. The molecule has 0 spiro atoms. The van der Waals surface area contributed by atoms with Crippen molar-refractivity contribution < 1.29 is 64.3 Å². The van der Waals surface area contributed by atoms with E-state index in [4.69, 9.17) is 87.5 Å². The van der Waals surface area contributed by atoms with E-state index in [1.165, 1.54) is 37.5 Å². The van der Waals surface area contributed by atoms with Gasteiger partial charge in [-0.25, -0.2) is 34.9 Å². The van der Waals surface area contributed by atoms with Crippen LogP contribution in [-0.2, 0) is 42.3 Å². The molecular formula is C98H107Br2Cl7N17NaO11Si3. The second-order valence-electron chi connectivity index (χ2n) is 33.3. The van der Waals surface area contributed by atoms with Gasteiger partial charge in [0.25, 0.3) is 22.2 Å². The Morgan fingerprint density at radius 1 is 0.489 bits per heavy atom. The molecule has 0 aliphatic rings. The van der Waals surface area contributed by atoms with E-state index in [1.54, 1.807) is 54.1 Å². The van der Waals surface area contributed by atoms with Gasteiger partial charge >= 0.3 is 40.0 Å². The molecule has 0 unspecified atom stereocenters. The Morgan fingerprint density at radius 3 is 1.21 bits per heavy atom. The number of H-pyrrole nitrogens is 1. The van der Waals surface area contributed by atoms with Gasteiger partial charge in [0.2, 0.25) is 0 Å². The van der Waals surface area contributed by atoms with Crippen molar-refractivity contribution in [3.63, 3.8) is 0 Å². The molecule has 14 aromatic rings. The first-order valence-electron chi connectivity index (χ1n) is 41.9. The van der Waals surface area contributed by atoms with Gasteiger partial charge in [-0.1, -0.05) is 172 Å². The van der Waals surface area contributed by atoms with Crippen molar-refractivity contribution in [1.29, 1.82) is 5.26 Å². The van der Waals surface area contributed by atoms with Gasteiger partial charge in [-0.05, 0) is 223 Å². The number of hydrogen-bond acceptors (Lipinski definition) is 23. The van der Waals surface area contributed by atoms with Crippen LogP contribution < -0.4 is 102 Å². The summed E-state index contributed by atoms with van der Waals surface area (Å²) >= 11 is 39.4. The number of fused-ring (bicyclic) bond motifs is 3. The van der Waals surface area contributed by atoms with Gasteiger partial charge in [0.15, 0.2) is 16.8 Å². The molecule has 41 heteroatoms. The molecule has 0 saturated heterocycles. The predicted molar refractivity (Wildman–Crippen MR) is 576 cm³/mol. The first-order chi connectivity index (χ1) is 64.7. The van der Waals surface area contributed by atoms with E-state index < -0.39 is 34.7 Å². The molecule has 9 heterocycles. The van der Waals surface area contributed by atoms with Crippen LogP contribution in [0, 0.1) is 62.5 Å². The summed E-state index contributed by atoms with van der Waals surface area (Å²) in [6.07, 6.45) is 18.7. The smallest absolute Gasteiger partial charge is 1.00 e. The van der Waals surface area contributed by atoms with Crippen LogP contribution in [0.3, 0.4) is 0 Å². The van der Waals surface area contributed by atoms with Crippen molar-refractivity contribution in [2.24, 2.45) is 0 Å². The van der Waals surface area contributed by atoms with Crippen molar-refractivity contribution >= 4 is 205 Å². The number of nitrogens with two attached hydrogens (primary N) is 1. The summed E-state index contributed by atoms with van der Waals surface area (Å²) < 4.78 is 33.5. The standard InChI is InChI=1S/C23H25ClN4O2Si.C22H25N3O2Si.C18H16BrClN4O2.C12H10Cl2N2O2.C10H12N2O.C6H7BrN2.C5H10Si.C2Cl2O2.ClH.Na.H/c1-16-12-18(10-11-31(3,4)5)21(25-13-16)27-22-23(29)28(15-20(24)26-22)14-17-6-8-19(30-2)9-7-17;1-14-10-17-19-18(28(3,4)5)13-25(12-15-6-8-16(27-2)9-7-15)22(26)20(19)24-21(17)23-11-14;1-11-7-14(19)16(21-8-11)23-17-18(25)24(10-15(20)22-17)9-12-3-5-13(26-2)6-4-12;1-18-9-4-2-8(3-5-9)6-16-7-10(13)15-11(14)12(16)17;1-13-10-4-2-9(3-5-10)8-12-7-6-11;1-4-2-5(7)6(8)9-3-4;1-5-6(2,3)4;3-1(5)2(4)6;;;/h6-9,12-13,15H,14H2,1-5H3,(H,25,26,27);6-11,13H,12H2,1-5H3,(H,23,24);3-8,10H,9H2,1-2H3,(H,21,22,23);2-5,7H,6H2,1H3;2-5,12H,7-8H2,1H3;2-3H,1H3,(H2,8,9);1H,2-4H3;;1H;;/q;;;;;;;;;+1;-1. The summed E-state index contributed by atoms with van der Waals surface area (Å²) in [5, 5.41) is 18.8. The topological polar surface area (TPSA) is 360 Å². The second-order valence-corrected chi connectivity index (χ2v) is 51.8. The van der Waals surface area contributed by atoms with Crippen LogP contribution in [-0.4, -0.2) is 135 Å². The number of rotatable bonds is 22. The van der Waals surface area contributed by atoms with Crippen molar-refractivity contribution in [3.05, 3.63) is 322 Å². The number of aromatic nitrogens is 12. The number of aryl methyl sites for hydroxylation is 4. The summed E-state index contributed by atoms with van der Waals surface area (Å²) in [7, 11) is 3.72. The Labute approximate surface area is 887 Å². The number of nitrogens with one attached hydrogen (secondary N) is 4. The number of anilines is 5. The average molecular weight is 2210 g/mol. The van der Waals surface area contributed by atoms with Crippen molar-refractivity contribution in [2.75, 3.05) is 58.5 Å². The molecule has 139 heavy (non-hydrogen) atoms. The van der Waals surface area contributed by atoms with Crippen molar-refractivity contribution in [2.45, 2.75) is 119 Å². The van der Waals surface area contributed by atoms with E-state index in [0.29, 0.717) is 55.7 Å². The molecule has 5 aromatic carbocycles. The summed E-state index contributed by atoms with van der Waals surface area (Å²) in [4.78, 5) is 102. The first kappa shape index (κ1) is 119. The maximum absolute atomic E-state index is 13.3. The molecule has 0 amide bonds. The number of carbonyl (C=O) groups excluding carboxylic acids is 2. The zero-order valence-electron chi connectivity index (χ0n) is 81.2. The first-order valence-corrected chi connectivity index (χ1v) is 56.2. The third-order valence-corrected chi connectivity index (χ3v) is 25.0. The molecule has 0 aliphatic carbocycles. The van der Waals surface area contributed by atoms with Gasteiger partial charge in [-0.15, -0.1) is 29.9 Å². The van der Waals surface area contributed by atoms with Crippen LogP contribution in [0.25, 0.3) is 21.9 Å². The molecule has 14 rings (SSSR count).